The summed E-state index contributed by atoms with van der Waals surface area (Å²) in [6, 6.07) is 7.58. The molecule has 1 N–H and O–H groups in total. The maximum absolute atomic E-state index is 12.0. The molecule has 0 aliphatic rings. The lowest BCUT2D eigenvalue weighted by atomic mass is 10.1. The van der Waals surface area contributed by atoms with Gasteiger partial charge in [0.25, 0.3) is 0 Å². The zero-order chi connectivity index (χ0) is 15.5. The van der Waals surface area contributed by atoms with Crippen LogP contribution in [0.25, 0.3) is 0 Å². The first-order valence-electron chi connectivity index (χ1n) is 7.27. The molecule has 1 rings (SSSR count). The number of aryl methyl sites for hydroxylation is 1. The first-order valence-corrected chi connectivity index (χ1v) is 8.59. The highest BCUT2D eigenvalue weighted by Crippen LogP contribution is 2.10. The van der Waals surface area contributed by atoms with E-state index in [1.807, 2.05) is 31.2 Å². The second-order valence-corrected chi connectivity index (χ2v) is 6.60. The molecular weight excluding hydrogens is 286 g/mol. The van der Waals surface area contributed by atoms with Crippen LogP contribution in [0.15, 0.2) is 29.2 Å². The molecule has 0 fully saturated rings. The van der Waals surface area contributed by atoms with E-state index >= 15 is 0 Å². The highest BCUT2D eigenvalue weighted by atomic mass is 32.2. The normalized spacial score (nSPS) is 11.9. The summed E-state index contributed by atoms with van der Waals surface area (Å²) in [6.45, 7) is 2.65. The highest BCUT2D eigenvalue weighted by Gasteiger charge is 2.07. The average Bonchev–Trinajstić information content (AvgIpc) is 2.49. The molecule has 0 aromatic heterocycles. The second kappa shape index (κ2) is 10.3. The van der Waals surface area contributed by atoms with E-state index in [4.69, 9.17) is 0 Å². The van der Waals surface area contributed by atoms with Crippen molar-refractivity contribution in [3.63, 3.8) is 0 Å². The maximum Gasteiger partial charge on any atom is 0.207 e. The van der Waals surface area contributed by atoms with Crippen molar-refractivity contribution in [2.75, 3.05) is 12.3 Å². The molecule has 1 aromatic carbocycles. The van der Waals surface area contributed by atoms with Gasteiger partial charge in [0.15, 0.2) is 0 Å². The Morgan fingerprint density at radius 1 is 1.14 bits per heavy atom. The van der Waals surface area contributed by atoms with Crippen molar-refractivity contribution in [2.45, 2.75) is 43.9 Å². The number of hydrogen-bond acceptors (Lipinski definition) is 3. The summed E-state index contributed by atoms with van der Waals surface area (Å²) in [5, 5.41) is 2.59. The molecule has 0 saturated heterocycles. The Balaban J connectivity index is 2.16. The van der Waals surface area contributed by atoms with Gasteiger partial charge in [-0.1, -0.05) is 24.1 Å². The summed E-state index contributed by atoms with van der Waals surface area (Å²) < 4.78 is 12.0. The van der Waals surface area contributed by atoms with E-state index in [9.17, 15) is 13.8 Å². The predicted octanol–water partition coefficient (Wildman–Crippen LogP) is 2.37. The summed E-state index contributed by atoms with van der Waals surface area (Å²) in [6.07, 6.45) is 4.23. The summed E-state index contributed by atoms with van der Waals surface area (Å²) in [5.41, 5.74) is 1.14. The number of nitrogens with one attached hydrogen (secondary N) is 1. The van der Waals surface area contributed by atoms with Crippen LogP contribution in [0.5, 0.6) is 0 Å². The lowest BCUT2D eigenvalue weighted by Gasteiger charge is -2.03. The number of benzene rings is 1. The number of ketones is 1. The van der Waals surface area contributed by atoms with Gasteiger partial charge in [0.1, 0.15) is 5.78 Å². The number of amides is 1. The van der Waals surface area contributed by atoms with E-state index in [2.05, 4.69) is 5.32 Å². The van der Waals surface area contributed by atoms with E-state index in [1.54, 1.807) is 0 Å². The molecule has 0 saturated carbocycles. The van der Waals surface area contributed by atoms with Crippen LogP contribution >= 0.6 is 0 Å². The average molecular weight is 309 g/mol. The molecule has 1 atom stereocenters. The molecule has 0 spiro atoms. The number of Topliss-reactive ketones (excluding diaryl/α,β-unsaturated/α-hetero) is 1. The highest BCUT2D eigenvalue weighted by molar-refractivity contribution is 7.85. The SMILES string of the molecule is Cc1ccc(S(=O)CCC(=O)CCCCCNC=O)cc1. The number of rotatable bonds is 11. The Morgan fingerprint density at radius 3 is 2.52 bits per heavy atom. The lowest BCUT2D eigenvalue weighted by Crippen LogP contribution is -2.12. The third-order valence-corrected chi connectivity index (χ3v) is 4.58. The fourth-order valence-corrected chi connectivity index (χ4v) is 3.01. The minimum absolute atomic E-state index is 0.166. The number of carbonyl (C=O) groups excluding carboxylic acids is 2. The van der Waals surface area contributed by atoms with E-state index in [0.717, 1.165) is 29.7 Å². The van der Waals surface area contributed by atoms with Crippen LogP contribution in [-0.2, 0) is 20.4 Å². The number of hydrogen-bond donors (Lipinski definition) is 1. The third kappa shape index (κ3) is 7.75. The van der Waals surface area contributed by atoms with Crippen LogP contribution in [0.3, 0.4) is 0 Å². The maximum atomic E-state index is 12.0. The minimum Gasteiger partial charge on any atom is -0.359 e. The second-order valence-electron chi connectivity index (χ2n) is 5.03. The molecule has 4 nitrogen and oxygen atoms in total. The first-order chi connectivity index (χ1) is 10.1. The third-order valence-electron chi connectivity index (χ3n) is 3.21. The van der Waals surface area contributed by atoms with Crippen molar-refractivity contribution >= 4 is 23.0 Å². The fraction of sp³-hybridized carbons (Fsp3) is 0.500. The zero-order valence-corrected chi connectivity index (χ0v) is 13.3. The zero-order valence-electron chi connectivity index (χ0n) is 12.5. The fourth-order valence-electron chi connectivity index (χ4n) is 1.92. The van der Waals surface area contributed by atoms with E-state index in [0.29, 0.717) is 31.5 Å². The summed E-state index contributed by atoms with van der Waals surface area (Å²) in [4.78, 5) is 22.5. The van der Waals surface area contributed by atoms with Gasteiger partial charge in [0.05, 0.1) is 10.8 Å². The Kier molecular flexibility index (Phi) is 8.59. The van der Waals surface area contributed by atoms with Gasteiger partial charge in [-0.2, -0.15) is 0 Å². The molecule has 0 radical (unpaired) electrons. The molecule has 0 bridgehead atoms. The predicted molar refractivity (Wildman–Crippen MR) is 84.6 cm³/mol. The Morgan fingerprint density at radius 2 is 1.86 bits per heavy atom. The molecule has 5 heteroatoms. The van der Waals surface area contributed by atoms with Crippen LogP contribution in [0.2, 0.25) is 0 Å². The van der Waals surface area contributed by atoms with Crippen molar-refractivity contribution in [1.82, 2.24) is 5.32 Å². The molecule has 21 heavy (non-hydrogen) atoms. The molecule has 0 heterocycles. The van der Waals surface area contributed by atoms with Crippen molar-refractivity contribution in [3.05, 3.63) is 29.8 Å². The van der Waals surface area contributed by atoms with Crippen LogP contribution < -0.4 is 5.32 Å². The van der Waals surface area contributed by atoms with Crippen LogP contribution in [0.4, 0.5) is 0 Å². The smallest absolute Gasteiger partial charge is 0.207 e. The van der Waals surface area contributed by atoms with Crippen molar-refractivity contribution in [3.8, 4) is 0 Å². The van der Waals surface area contributed by atoms with Crippen molar-refractivity contribution in [2.24, 2.45) is 0 Å². The van der Waals surface area contributed by atoms with Gasteiger partial charge in [-0.05, 0) is 31.9 Å². The minimum atomic E-state index is -1.09. The molecule has 0 aliphatic carbocycles. The number of unbranched alkanes of at least 4 members (excludes halogenated alkanes) is 2. The molecule has 116 valence electrons. The van der Waals surface area contributed by atoms with Crippen LogP contribution in [-0.4, -0.2) is 28.7 Å². The quantitative estimate of drug-likeness (QED) is 0.504. The Bertz CT molecular complexity index is 471. The summed E-state index contributed by atoms with van der Waals surface area (Å²) in [5.74, 6) is 0.563. The summed E-state index contributed by atoms with van der Waals surface area (Å²) in [7, 11) is -1.09. The largest absolute Gasteiger partial charge is 0.359 e. The molecule has 1 aromatic rings. The van der Waals surface area contributed by atoms with Gasteiger partial charge in [0, 0.05) is 30.0 Å². The standard InChI is InChI=1S/C16H23NO3S/c1-14-6-8-16(9-7-14)21(20)12-10-15(19)5-3-2-4-11-17-13-18/h6-9,13H,2-5,10-12H2,1H3,(H,17,18). The van der Waals surface area contributed by atoms with Crippen molar-refractivity contribution in [1.29, 1.82) is 0 Å². The Hall–Kier alpha value is -1.49. The van der Waals surface area contributed by atoms with Crippen molar-refractivity contribution < 1.29 is 13.8 Å². The molecule has 1 amide bonds. The van der Waals surface area contributed by atoms with Gasteiger partial charge in [-0.3, -0.25) is 13.8 Å². The monoisotopic (exact) mass is 309 g/mol. The molecular formula is C16H23NO3S. The van der Waals surface area contributed by atoms with Crippen LogP contribution in [0.1, 0.15) is 37.7 Å². The van der Waals surface area contributed by atoms with Crippen LogP contribution in [0, 0.1) is 6.92 Å². The van der Waals surface area contributed by atoms with Gasteiger partial charge in [-0.25, -0.2) is 0 Å². The molecule has 1 unspecified atom stereocenters. The first kappa shape index (κ1) is 17.6. The Labute approximate surface area is 128 Å². The van der Waals surface area contributed by atoms with E-state index in [-0.39, 0.29) is 5.78 Å². The van der Waals surface area contributed by atoms with E-state index < -0.39 is 10.8 Å². The van der Waals surface area contributed by atoms with Gasteiger partial charge >= 0.3 is 0 Å². The van der Waals surface area contributed by atoms with Gasteiger partial charge in [-0.15, -0.1) is 0 Å². The van der Waals surface area contributed by atoms with E-state index in [1.165, 1.54) is 0 Å². The lowest BCUT2D eigenvalue weighted by molar-refractivity contribution is -0.118. The van der Waals surface area contributed by atoms with Gasteiger partial charge < -0.3 is 5.32 Å². The summed E-state index contributed by atoms with van der Waals surface area (Å²) >= 11 is 0. The van der Waals surface area contributed by atoms with Gasteiger partial charge in [0.2, 0.25) is 6.41 Å². The molecule has 0 aliphatic heterocycles. The topological polar surface area (TPSA) is 63.2 Å². The number of carbonyl (C=O) groups is 2.